The number of nitrogens with zero attached hydrogens (tertiary/aromatic N) is 1. The number of hydrogen-bond donors (Lipinski definition) is 1. The highest BCUT2D eigenvalue weighted by atomic mass is 16.3. The van der Waals surface area contributed by atoms with Crippen LogP contribution < -0.4 is 0 Å². The highest BCUT2D eigenvalue weighted by Gasteiger charge is 2.16. The number of rotatable bonds is 5. The third kappa shape index (κ3) is 4.46. The lowest BCUT2D eigenvalue weighted by atomic mass is 9.87. The highest BCUT2D eigenvalue weighted by Crippen LogP contribution is 2.42. The van der Waals surface area contributed by atoms with Crippen LogP contribution in [-0.2, 0) is 0 Å². The fourth-order valence-electron chi connectivity index (χ4n) is 4.05. The Morgan fingerprint density at radius 3 is 1.48 bits per heavy atom. The van der Waals surface area contributed by atoms with Crippen molar-refractivity contribution < 1.29 is 5.11 Å². The molecule has 2 nitrogen and oxygen atoms in total. The van der Waals surface area contributed by atoms with Crippen LogP contribution in [0.25, 0.3) is 33.4 Å². The van der Waals surface area contributed by atoms with Crippen LogP contribution in [0.5, 0.6) is 5.75 Å². The maximum absolute atomic E-state index is 10.2. The summed E-state index contributed by atoms with van der Waals surface area (Å²) >= 11 is 0. The second kappa shape index (κ2) is 9.37. The smallest absolute Gasteiger partial charge is 0.124 e. The molecule has 0 aliphatic carbocycles. The Morgan fingerprint density at radius 1 is 0.515 bits per heavy atom. The van der Waals surface area contributed by atoms with Gasteiger partial charge >= 0.3 is 0 Å². The van der Waals surface area contributed by atoms with Crippen molar-refractivity contribution in [3.8, 4) is 39.1 Å². The van der Waals surface area contributed by atoms with Crippen molar-refractivity contribution in [2.75, 3.05) is 0 Å². The largest absolute Gasteiger partial charge is 0.507 e. The van der Waals surface area contributed by atoms with Crippen molar-refractivity contribution >= 4 is 11.9 Å². The zero-order valence-electron chi connectivity index (χ0n) is 18.1. The van der Waals surface area contributed by atoms with Crippen LogP contribution in [0.2, 0.25) is 0 Å². The zero-order chi connectivity index (χ0) is 22.5. The summed E-state index contributed by atoms with van der Waals surface area (Å²) in [4.78, 5) is 4.76. The van der Waals surface area contributed by atoms with Gasteiger partial charge in [0.1, 0.15) is 5.75 Å². The predicted octanol–water partition coefficient (Wildman–Crippen LogP) is 8.14. The molecule has 0 radical (unpaired) electrons. The van der Waals surface area contributed by atoms with E-state index in [1.807, 2.05) is 36.4 Å². The average Bonchev–Trinajstić information content (AvgIpc) is 2.89. The van der Waals surface area contributed by atoms with E-state index in [9.17, 15) is 5.11 Å². The molecule has 0 saturated carbocycles. The molecule has 0 aliphatic rings. The van der Waals surface area contributed by atoms with Gasteiger partial charge in [-0.3, -0.25) is 4.99 Å². The van der Waals surface area contributed by atoms with Crippen LogP contribution >= 0.6 is 0 Å². The molecule has 0 heterocycles. The molecule has 0 unspecified atom stereocenters. The Balaban J connectivity index is 1.77. The normalized spacial score (nSPS) is 11.0. The van der Waals surface area contributed by atoms with Crippen LogP contribution in [0, 0.1) is 0 Å². The van der Waals surface area contributed by atoms with E-state index in [4.69, 9.17) is 4.99 Å². The van der Waals surface area contributed by atoms with Gasteiger partial charge in [0.15, 0.2) is 0 Å². The highest BCUT2D eigenvalue weighted by molar-refractivity contribution is 5.97. The molecule has 2 heteroatoms. The molecule has 0 bridgehead atoms. The Hall–Kier alpha value is -4.43. The molecule has 5 aromatic rings. The third-order valence-corrected chi connectivity index (χ3v) is 5.64. The predicted molar refractivity (Wildman–Crippen MR) is 138 cm³/mol. The first kappa shape index (κ1) is 20.5. The van der Waals surface area contributed by atoms with Crippen LogP contribution in [-0.4, -0.2) is 11.3 Å². The molecular weight excluding hydrogens is 402 g/mol. The van der Waals surface area contributed by atoms with Gasteiger partial charge in [-0.2, -0.15) is 0 Å². The Labute approximate surface area is 194 Å². The van der Waals surface area contributed by atoms with E-state index in [2.05, 4.69) is 84.9 Å². The summed E-state index contributed by atoms with van der Waals surface area (Å²) < 4.78 is 0. The van der Waals surface area contributed by atoms with Crippen molar-refractivity contribution in [3.63, 3.8) is 0 Å². The molecule has 0 spiro atoms. The van der Waals surface area contributed by atoms with E-state index in [1.165, 1.54) is 5.56 Å². The summed E-state index contributed by atoms with van der Waals surface area (Å²) in [6, 6.07) is 42.8. The molecule has 0 atom stereocenters. The summed E-state index contributed by atoms with van der Waals surface area (Å²) in [6.45, 7) is 0. The fourth-order valence-corrected chi connectivity index (χ4v) is 4.05. The number of hydrogen-bond acceptors (Lipinski definition) is 2. The summed E-state index contributed by atoms with van der Waals surface area (Å²) in [6.07, 6.45) is 1.72. The zero-order valence-corrected chi connectivity index (χ0v) is 18.1. The molecule has 5 rings (SSSR count). The van der Waals surface area contributed by atoms with Crippen LogP contribution in [0.15, 0.2) is 132 Å². The van der Waals surface area contributed by atoms with E-state index in [1.54, 1.807) is 12.3 Å². The third-order valence-electron chi connectivity index (χ3n) is 5.64. The van der Waals surface area contributed by atoms with Crippen molar-refractivity contribution in [1.29, 1.82) is 0 Å². The monoisotopic (exact) mass is 425 g/mol. The van der Waals surface area contributed by atoms with E-state index < -0.39 is 0 Å². The SMILES string of the molecule is Oc1ccccc1C=Nc1cc(-c2ccccc2)c(-c2ccccc2)c(-c2ccccc2)c1. The lowest BCUT2D eigenvalue weighted by Crippen LogP contribution is -1.91. The average molecular weight is 426 g/mol. The lowest BCUT2D eigenvalue weighted by Gasteiger charge is -2.17. The second-order valence-electron chi connectivity index (χ2n) is 7.83. The van der Waals surface area contributed by atoms with Crippen molar-refractivity contribution in [2.24, 2.45) is 4.99 Å². The number of para-hydroxylation sites is 1. The maximum atomic E-state index is 10.2. The molecule has 5 aromatic carbocycles. The van der Waals surface area contributed by atoms with Gasteiger partial charge in [0.25, 0.3) is 0 Å². The van der Waals surface area contributed by atoms with E-state index >= 15 is 0 Å². The first-order valence-corrected chi connectivity index (χ1v) is 11.0. The molecule has 0 fully saturated rings. The summed E-state index contributed by atoms with van der Waals surface area (Å²) in [5, 5.41) is 10.2. The minimum atomic E-state index is 0.216. The van der Waals surface area contributed by atoms with Crippen LogP contribution in [0.4, 0.5) is 5.69 Å². The standard InChI is InChI=1S/C31H23NO/c33-30-19-11-10-18-26(30)22-32-27-20-28(23-12-4-1-5-13-23)31(25-16-8-3-9-17-25)29(21-27)24-14-6-2-7-15-24/h1-22,33H. The van der Waals surface area contributed by atoms with Gasteiger partial charge in [0, 0.05) is 11.8 Å². The molecule has 0 aliphatic heterocycles. The molecule has 0 amide bonds. The van der Waals surface area contributed by atoms with Crippen molar-refractivity contribution in [1.82, 2.24) is 0 Å². The van der Waals surface area contributed by atoms with Crippen LogP contribution in [0.3, 0.4) is 0 Å². The van der Waals surface area contributed by atoms with Crippen LogP contribution in [0.1, 0.15) is 5.56 Å². The van der Waals surface area contributed by atoms with Gasteiger partial charge in [-0.25, -0.2) is 0 Å². The van der Waals surface area contributed by atoms with Gasteiger partial charge in [0.05, 0.1) is 5.69 Å². The first-order chi connectivity index (χ1) is 16.3. The van der Waals surface area contributed by atoms with Gasteiger partial charge in [-0.1, -0.05) is 103 Å². The number of aromatic hydroxyl groups is 1. The topological polar surface area (TPSA) is 32.6 Å². The van der Waals surface area contributed by atoms with E-state index in [0.29, 0.717) is 5.56 Å². The molecule has 1 N–H and O–H groups in total. The van der Waals surface area contributed by atoms with Gasteiger partial charge in [0.2, 0.25) is 0 Å². The number of aliphatic imine (C=N–C) groups is 1. The fraction of sp³-hybridized carbons (Fsp3) is 0. The van der Waals surface area contributed by atoms with Crippen molar-refractivity contribution in [2.45, 2.75) is 0 Å². The number of benzene rings is 5. The van der Waals surface area contributed by atoms with Crippen molar-refractivity contribution in [3.05, 3.63) is 133 Å². The van der Waals surface area contributed by atoms with E-state index in [-0.39, 0.29) is 5.75 Å². The van der Waals surface area contributed by atoms with Gasteiger partial charge in [-0.15, -0.1) is 0 Å². The Bertz CT molecular complexity index is 1330. The summed E-state index contributed by atoms with van der Waals surface area (Å²) in [5.74, 6) is 0.216. The lowest BCUT2D eigenvalue weighted by molar-refractivity contribution is 0.474. The molecule has 33 heavy (non-hydrogen) atoms. The quantitative estimate of drug-likeness (QED) is 0.283. The molecular formula is C31H23NO. The maximum Gasteiger partial charge on any atom is 0.124 e. The number of phenolic OH excluding ortho intramolecular Hbond substituents is 1. The minimum absolute atomic E-state index is 0.216. The van der Waals surface area contributed by atoms with Gasteiger partial charge < -0.3 is 5.11 Å². The molecule has 0 saturated heterocycles. The minimum Gasteiger partial charge on any atom is -0.507 e. The molecule has 0 aromatic heterocycles. The summed E-state index contributed by atoms with van der Waals surface area (Å²) in [5.41, 5.74) is 8.35. The van der Waals surface area contributed by atoms with E-state index in [0.717, 1.165) is 33.5 Å². The Kier molecular flexibility index (Phi) is 5.81. The van der Waals surface area contributed by atoms with Gasteiger partial charge in [-0.05, 0) is 57.6 Å². The second-order valence-corrected chi connectivity index (χ2v) is 7.83. The number of phenols is 1. The summed E-state index contributed by atoms with van der Waals surface area (Å²) in [7, 11) is 0. The molecule has 158 valence electrons. The first-order valence-electron chi connectivity index (χ1n) is 11.0. The Morgan fingerprint density at radius 2 is 0.970 bits per heavy atom.